The van der Waals surface area contributed by atoms with Gasteiger partial charge in [0, 0.05) is 31.6 Å². The van der Waals surface area contributed by atoms with Crippen molar-refractivity contribution < 1.29 is 9.18 Å². The Hall–Kier alpha value is -1.94. The molecule has 0 bridgehead atoms. The highest BCUT2D eigenvalue weighted by Crippen LogP contribution is 2.25. The van der Waals surface area contributed by atoms with Gasteiger partial charge in [-0.05, 0) is 62.9 Å². The number of carbonyl (C=O) groups excluding carboxylic acids is 1. The van der Waals surface area contributed by atoms with Crippen LogP contribution in [0.15, 0.2) is 24.3 Å². The van der Waals surface area contributed by atoms with Gasteiger partial charge in [-0.3, -0.25) is 20.5 Å². The molecule has 2 saturated heterocycles. The van der Waals surface area contributed by atoms with Gasteiger partial charge >= 0.3 is 0 Å². The van der Waals surface area contributed by atoms with Gasteiger partial charge in [-0.2, -0.15) is 0 Å². The van der Waals surface area contributed by atoms with Crippen molar-refractivity contribution in [3.05, 3.63) is 35.6 Å². The van der Waals surface area contributed by atoms with E-state index in [1.807, 2.05) is 18.0 Å². The number of unbranched alkanes of at least 4 members (excludes halogenated alkanes) is 2. The molecule has 2 aliphatic heterocycles. The zero-order valence-corrected chi connectivity index (χ0v) is 18.1. The fraction of sp³-hybridized carbons (Fsp3) is 0.625. The van der Waals surface area contributed by atoms with Crippen molar-refractivity contribution in [2.75, 3.05) is 33.2 Å². The van der Waals surface area contributed by atoms with Crippen LogP contribution in [-0.4, -0.2) is 55.0 Å². The summed E-state index contributed by atoms with van der Waals surface area (Å²) in [6, 6.07) is 7.39. The number of carbonyl (C=O) groups is 1. The van der Waals surface area contributed by atoms with Gasteiger partial charge in [-0.15, -0.1) is 6.42 Å². The number of likely N-dealkylation sites (tertiary alicyclic amines) is 1. The minimum Gasteiger partial charge on any atom is -0.346 e. The Morgan fingerprint density at radius 1 is 1.27 bits per heavy atom. The highest BCUT2D eigenvalue weighted by atomic mass is 19.1. The smallest absolute Gasteiger partial charge is 0.225 e. The predicted octanol–water partition coefficient (Wildman–Crippen LogP) is 3.10. The third-order valence-electron chi connectivity index (χ3n) is 6.41. The van der Waals surface area contributed by atoms with Gasteiger partial charge in [0.05, 0.1) is 6.54 Å². The van der Waals surface area contributed by atoms with Crippen LogP contribution in [0.5, 0.6) is 0 Å². The Labute approximate surface area is 180 Å². The number of halogens is 1. The number of nitrogens with zero attached hydrogens (tertiary/aromatic N) is 2. The minimum atomic E-state index is -0.186. The van der Waals surface area contributed by atoms with Crippen LogP contribution in [0.3, 0.4) is 0 Å². The molecule has 30 heavy (non-hydrogen) atoms. The molecule has 0 aromatic heterocycles. The standard InChI is InChI=1S/C24H35FN4O/c1-3-13-29-15-11-19(12-16-29)24(30)28(2)14-6-4-5-10-22-18-23(27-26-22)20-8-7-9-21(25)17-20/h1,7-9,17,19,22-23,26-27H,4-6,10-16,18H2,2H3. The summed E-state index contributed by atoms with van der Waals surface area (Å²) < 4.78 is 13.4. The molecule has 2 aliphatic rings. The maximum absolute atomic E-state index is 13.4. The van der Waals surface area contributed by atoms with E-state index in [9.17, 15) is 9.18 Å². The van der Waals surface area contributed by atoms with E-state index in [0.29, 0.717) is 12.6 Å². The summed E-state index contributed by atoms with van der Waals surface area (Å²) in [5, 5.41) is 0. The molecule has 2 heterocycles. The SMILES string of the molecule is C#CCN1CCC(C(=O)N(C)CCCCCC2CC(c3cccc(F)c3)NN2)CC1. The Bertz CT molecular complexity index is 726. The van der Waals surface area contributed by atoms with Crippen LogP contribution in [0.25, 0.3) is 0 Å². The van der Waals surface area contributed by atoms with Crippen molar-refractivity contribution in [3.63, 3.8) is 0 Å². The van der Waals surface area contributed by atoms with Crippen molar-refractivity contribution >= 4 is 5.91 Å². The molecule has 2 atom stereocenters. The number of hydrogen-bond acceptors (Lipinski definition) is 4. The summed E-state index contributed by atoms with van der Waals surface area (Å²) in [4.78, 5) is 16.8. The molecule has 1 aromatic carbocycles. The molecular weight excluding hydrogens is 379 g/mol. The molecule has 0 aliphatic carbocycles. The zero-order valence-electron chi connectivity index (χ0n) is 18.1. The zero-order chi connectivity index (χ0) is 21.3. The van der Waals surface area contributed by atoms with Crippen molar-refractivity contribution in [3.8, 4) is 12.3 Å². The van der Waals surface area contributed by atoms with Gasteiger partial charge < -0.3 is 4.90 Å². The Kier molecular flexibility index (Phi) is 8.68. The van der Waals surface area contributed by atoms with Gasteiger partial charge in [-0.1, -0.05) is 30.9 Å². The molecule has 2 fully saturated rings. The second kappa shape index (κ2) is 11.5. The lowest BCUT2D eigenvalue weighted by molar-refractivity contribution is -0.135. The Morgan fingerprint density at radius 2 is 2.07 bits per heavy atom. The summed E-state index contributed by atoms with van der Waals surface area (Å²) >= 11 is 0. The van der Waals surface area contributed by atoms with E-state index >= 15 is 0 Å². The first-order valence-corrected chi connectivity index (χ1v) is 11.2. The van der Waals surface area contributed by atoms with Crippen LogP contribution in [0.1, 0.15) is 56.6 Å². The number of amides is 1. The number of benzene rings is 1. The maximum Gasteiger partial charge on any atom is 0.225 e. The topological polar surface area (TPSA) is 47.6 Å². The highest BCUT2D eigenvalue weighted by molar-refractivity contribution is 5.78. The molecule has 0 saturated carbocycles. The highest BCUT2D eigenvalue weighted by Gasteiger charge is 2.27. The third-order valence-corrected chi connectivity index (χ3v) is 6.41. The van der Waals surface area contributed by atoms with Crippen LogP contribution in [0, 0.1) is 24.1 Å². The van der Waals surface area contributed by atoms with Gasteiger partial charge in [0.15, 0.2) is 0 Å². The van der Waals surface area contributed by atoms with E-state index < -0.39 is 0 Å². The maximum atomic E-state index is 13.4. The van der Waals surface area contributed by atoms with E-state index in [2.05, 4.69) is 21.7 Å². The molecule has 2 N–H and O–H groups in total. The number of hydrazine groups is 1. The van der Waals surface area contributed by atoms with Crippen LogP contribution in [-0.2, 0) is 4.79 Å². The summed E-state index contributed by atoms with van der Waals surface area (Å²) in [6.45, 7) is 3.36. The summed E-state index contributed by atoms with van der Waals surface area (Å²) in [6.07, 6.45) is 12.5. The van der Waals surface area contributed by atoms with Crippen molar-refractivity contribution in [2.45, 2.75) is 57.0 Å². The summed E-state index contributed by atoms with van der Waals surface area (Å²) in [5.41, 5.74) is 7.63. The fourth-order valence-corrected chi connectivity index (χ4v) is 4.56. The second-order valence-electron chi connectivity index (χ2n) is 8.69. The van der Waals surface area contributed by atoms with Gasteiger partial charge in [0.1, 0.15) is 5.82 Å². The number of nitrogens with one attached hydrogen (secondary N) is 2. The van der Waals surface area contributed by atoms with Gasteiger partial charge in [0.2, 0.25) is 5.91 Å². The molecule has 6 heteroatoms. The lowest BCUT2D eigenvalue weighted by Gasteiger charge is -2.32. The molecule has 2 unspecified atom stereocenters. The van der Waals surface area contributed by atoms with E-state index in [0.717, 1.165) is 70.1 Å². The summed E-state index contributed by atoms with van der Waals surface area (Å²) in [7, 11) is 1.93. The monoisotopic (exact) mass is 414 g/mol. The van der Waals surface area contributed by atoms with Gasteiger partial charge in [0.25, 0.3) is 0 Å². The number of hydrogen-bond donors (Lipinski definition) is 2. The molecule has 0 spiro atoms. The Morgan fingerprint density at radius 3 is 2.80 bits per heavy atom. The quantitative estimate of drug-likeness (QED) is 0.482. The predicted molar refractivity (Wildman–Crippen MR) is 118 cm³/mol. The van der Waals surface area contributed by atoms with E-state index in [-0.39, 0.29) is 23.7 Å². The molecule has 0 radical (unpaired) electrons. The molecular formula is C24H35FN4O. The van der Waals surface area contributed by atoms with Crippen LogP contribution < -0.4 is 10.9 Å². The molecule has 1 aromatic rings. The van der Waals surface area contributed by atoms with E-state index in [1.165, 1.54) is 6.07 Å². The second-order valence-corrected chi connectivity index (χ2v) is 8.69. The van der Waals surface area contributed by atoms with E-state index in [4.69, 9.17) is 6.42 Å². The van der Waals surface area contributed by atoms with Gasteiger partial charge in [-0.25, -0.2) is 4.39 Å². The van der Waals surface area contributed by atoms with E-state index in [1.54, 1.807) is 12.1 Å². The number of piperidine rings is 1. The lowest BCUT2D eigenvalue weighted by Crippen LogP contribution is -2.41. The first kappa shape index (κ1) is 22.7. The normalized spacial score (nSPS) is 22.7. The van der Waals surface area contributed by atoms with Crippen molar-refractivity contribution in [1.29, 1.82) is 0 Å². The average Bonchev–Trinajstić information content (AvgIpc) is 3.23. The first-order valence-electron chi connectivity index (χ1n) is 11.2. The molecule has 1 amide bonds. The fourth-order valence-electron chi connectivity index (χ4n) is 4.56. The van der Waals surface area contributed by atoms with Crippen molar-refractivity contribution in [2.24, 2.45) is 5.92 Å². The number of terminal acetylenes is 1. The van der Waals surface area contributed by atoms with Crippen LogP contribution in [0.2, 0.25) is 0 Å². The van der Waals surface area contributed by atoms with Crippen LogP contribution in [0.4, 0.5) is 4.39 Å². The van der Waals surface area contributed by atoms with Crippen LogP contribution >= 0.6 is 0 Å². The third kappa shape index (κ3) is 6.53. The molecule has 5 nitrogen and oxygen atoms in total. The lowest BCUT2D eigenvalue weighted by atomic mass is 9.95. The number of rotatable bonds is 9. The summed E-state index contributed by atoms with van der Waals surface area (Å²) in [5.74, 6) is 2.94. The average molecular weight is 415 g/mol. The molecule has 164 valence electrons. The Balaban J connectivity index is 1.27. The van der Waals surface area contributed by atoms with Crippen molar-refractivity contribution in [1.82, 2.24) is 20.7 Å². The molecule has 3 rings (SSSR count). The first-order chi connectivity index (χ1) is 14.6. The largest absolute Gasteiger partial charge is 0.346 e. The minimum absolute atomic E-state index is 0.151.